The number of carbonyl (C=O) groups is 1. The quantitative estimate of drug-likeness (QED) is 0.812. The van der Waals surface area contributed by atoms with Gasteiger partial charge in [0.25, 0.3) is 0 Å². The van der Waals surface area contributed by atoms with Crippen LogP contribution in [0, 0.1) is 0 Å². The van der Waals surface area contributed by atoms with Crippen molar-refractivity contribution in [1.82, 2.24) is 20.1 Å². The van der Waals surface area contributed by atoms with Crippen LogP contribution >= 0.6 is 0 Å². The Morgan fingerprint density at radius 1 is 1.31 bits per heavy atom. The largest absolute Gasteiger partial charge is 0.497 e. The number of nitrogens with zero attached hydrogens (tertiary/aromatic N) is 3. The second kappa shape index (κ2) is 8.18. The average molecular weight is 359 g/mol. The van der Waals surface area contributed by atoms with E-state index in [1.807, 2.05) is 0 Å². The molecular weight excluding hydrogens is 334 g/mol. The molecule has 0 spiro atoms. The summed E-state index contributed by atoms with van der Waals surface area (Å²) in [4.78, 5) is 17.0. The van der Waals surface area contributed by atoms with Gasteiger partial charge in [0.2, 0.25) is 11.9 Å². The highest BCUT2D eigenvalue weighted by atomic mass is 16.5. The van der Waals surface area contributed by atoms with Crippen molar-refractivity contribution in [2.24, 2.45) is 7.05 Å². The zero-order valence-corrected chi connectivity index (χ0v) is 15.4. The molecule has 26 heavy (non-hydrogen) atoms. The Morgan fingerprint density at radius 2 is 2.08 bits per heavy atom. The van der Waals surface area contributed by atoms with Crippen molar-refractivity contribution in [3.63, 3.8) is 0 Å². The molecule has 0 aliphatic carbocycles. The summed E-state index contributed by atoms with van der Waals surface area (Å²) < 4.78 is 12.2. The van der Waals surface area contributed by atoms with Crippen molar-refractivity contribution in [3.8, 4) is 11.5 Å². The Bertz CT molecular complexity index is 768. The van der Waals surface area contributed by atoms with Crippen LogP contribution in [0.2, 0.25) is 0 Å². The molecule has 0 radical (unpaired) electrons. The maximum atomic E-state index is 12.5. The SMILES string of the molecule is COc1ccc(OC)c(CC(=O)Nc2nc(C3CCNCC3)nn2C)c1. The van der Waals surface area contributed by atoms with Crippen LogP contribution in [0.15, 0.2) is 18.2 Å². The second-order valence-electron chi connectivity index (χ2n) is 6.34. The lowest BCUT2D eigenvalue weighted by Crippen LogP contribution is -2.27. The van der Waals surface area contributed by atoms with Crippen LogP contribution in [-0.4, -0.2) is 48.0 Å². The standard InChI is InChI=1S/C18H25N5O3/c1-23-18(21-17(22-23)12-6-8-19-9-7-12)20-16(24)11-13-10-14(25-2)4-5-15(13)26-3/h4-5,10,12,19H,6-9,11H2,1-3H3,(H,20,21,22,24). The molecule has 0 unspecified atom stereocenters. The number of rotatable bonds is 6. The van der Waals surface area contributed by atoms with Gasteiger partial charge < -0.3 is 14.8 Å². The van der Waals surface area contributed by atoms with E-state index >= 15 is 0 Å². The molecule has 1 fully saturated rings. The molecular formula is C18H25N5O3. The Balaban J connectivity index is 1.69. The molecule has 2 aromatic rings. The molecule has 2 heterocycles. The minimum absolute atomic E-state index is 0.163. The minimum Gasteiger partial charge on any atom is -0.497 e. The zero-order valence-electron chi connectivity index (χ0n) is 15.4. The first-order chi connectivity index (χ1) is 12.6. The van der Waals surface area contributed by atoms with Crippen LogP contribution in [-0.2, 0) is 18.3 Å². The van der Waals surface area contributed by atoms with E-state index in [1.54, 1.807) is 44.1 Å². The van der Waals surface area contributed by atoms with Gasteiger partial charge in [-0.25, -0.2) is 4.68 Å². The van der Waals surface area contributed by atoms with E-state index in [2.05, 4.69) is 20.7 Å². The van der Waals surface area contributed by atoms with Gasteiger partial charge in [-0.05, 0) is 44.1 Å². The number of nitrogens with one attached hydrogen (secondary N) is 2. The van der Waals surface area contributed by atoms with E-state index in [0.29, 0.717) is 23.4 Å². The number of aryl methyl sites for hydroxylation is 1. The molecule has 2 N–H and O–H groups in total. The van der Waals surface area contributed by atoms with Gasteiger partial charge in [-0.2, -0.15) is 10.1 Å². The Labute approximate surface area is 152 Å². The summed E-state index contributed by atoms with van der Waals surface area (Å²) in [6, 6.07) is 5.39. The normalized spacial score (nSPS) is 14.9. The predicted molar refractivity (Wildman–Crippen MR) is 97.7 cm³/mol. The van der Waals surface area contributed by atoms with Crippen molar-refractivity contribution < 1.29 is 14.3 Å². The number of hydrogen-bond acceptors (Lipinski definition) is 6. The summed E-state index contributed by atoms with van der Waals surface area (Å²) in [7, 11) is 4.96. The number of amides is 1. The number of hydrogen-bond donors (Lipinski definition) is 2. The summed E-state index contributed by atoms with van der Waals surface area (Å²) in [5, 5.41) is 10.7. The van der Waals surface area contributed by atoms with Crippen LogP contribution in [0.5, 0.6) is 11.5 Å². The van der Waals surface area contributed by atoms with Gasteiger partial charge in [-0.15, -0.1) is 0 Å². The molecule has 0 bridgehead atoms. The molecule has 0 saturated carbocycles. The van der Waals surface area contributed by atoms with Gasteiger partial charge in [-0.1, -0.05) is 0 Å². The highest BCUT2D eigenvalue weighted by Gasteiger charge is 2.21. The molecule has 1 aliphatic rings. The van der Waals surface area contributed by atoms with E-state index in [-0.39, 0.29) is 12.3 Å². The first kappa shape index (κ1) is 18.2. The van der Waals surface area contributed by atoms with E-state index < -0.39 is 0 Å². The number of ether oxygens (including phenoxy) is 2. The number of benzene rings is 1. The average Bonchev–Trinajstić information content (AvgIpc) is 3.02. The first-order valence-electron chi connectivity index (χ1n) is 8.73. The minimum atomic E-state index is -0.177. The van der Waals surface area contributed by atoms with Crippen LogP contribution in [0.3, 0.4) is 0 Å². The van der Waals surface area contributed by atoms with Gasteiger partial charge in [0, 0.05) is 18.5 Å². The van der Waals surface area contributed by atoms with Crippen LogP contribution in [0.1, 0.15) is 30.1 Å². The fourth-order valence-electron chi connectivity index (χ4n) is 3.13. The van der Waals surface area contributed by atoms with Gasteiger partial charge >= 0.3 is 0 Å². The van der Waals surface area contributed by atoms with Crippen LogP contribution in [0.4, 0.5) is 5.95 Å². The fraction of sp³-hybridized carbons (Fsp3) is 0.500. The van der Waals surface area contributed by atoms with E-state index in [9.17, 15) is 4.79 Å². The molecule has 3 rings (SSSR count). The third kappa shape index (κ3) is 4.13. The van der Waals surface area contributed by atoms with Crippen molar-refractivity contribution >= 4 is 11.9 Å². The molecule has 1 saturated heterocycles. The summed E-state index contributed by atoms with van der Waals surface area (Å²) in [6.07, 6.45) is 2.19. The molecule has 8 nitrogen and oxygen atoms in total. The van der Waals surface area contributed by atoms with Crippen LogP contribution in [0.25, 0.3) is 0 Å². The summed E-state index contributed by atoms with van der Waals surface area (Å²) in [5.74, 6) is 2.75. The first-order valence-corrected chi connectivity index (χ1v) is 8.73. The molecule has 1 amide bonds. The smallest absolute Gasteiger partial charge is 0.231 e. The number of methoxy groups -OCH3 is 2. The van der Waals surface area contributed by atoms with Gasteiger partial charge in [0.15, 0.2) is 5.82 Å². The lowest BCUT2D eigenvalue weighted by Gasteiger charge is -2.19. The molecule has 1 aromatic heterocycles. The van der Waals surface area contributed by atoms with Crippen molar-refractivity contribution in [1.29, 1.82) is 0 Å². The topological polar surface area (TPSA) is 90.3 Å². The Morgan fingerprint density at radius 3 is 2.77 bits per heavy atom. The lowest BCUT2D eigenvalue weighted by molar-refractivity contribution is -0.115. The Hall–Kier alpha value is -2.61. The fourth-order valence-corrected chi connectivity index (χ4v) is 3.13. The lowest BCUT2D eigenvalue weighted by atomic mass is 9.98. The number of piperidine rings is 1. The van der Waals surface area contributed by atoms with E-state index in [0.717, 1.165) is 37.3 Å². The second-order valence-corrected chi connectivity index (χ2v) is 6.34. The highest BCUT2D eigenvalue weighted by Crippen LogP contribution is 2.25. The van der Waals surface area contributed by atoms with Crippen LogP contribution < -0.4 is 20.1 Å². The third-order valence-electron chi connectivity index (χ3n) is 4.57. The molecule has 0 atom stereocenters. The maximum absolute atomic E-state index is 12.5. The summed E-state index contributed by atoms with van der Waals surface area (Å²) in [6.45, 7) is 1.94. The highest BCUT2D eigenvalue weighted by molar-refractivity contribution is 5.91. The number of aromatic nitrogens is 3. The molecule has 1 aliphatic heterocycles. The van der Waals surface area contributed by atoms with Gasteiger partial charge in [-0.3, -0.25) is 10.1 Å². The van der Waals surface area contributed by atoms with Gasteiger partial charge in [0.1, 0.15) is 11.5 Å². The van der Waals surface area contributed by atoms with Crippen molar-refractivity contribution in [2.75, 3.05) is 32.6 Å². The number of anilines is 1. The molecule has 140 valence electrons. The van der Waals surface area contributed by atoms with E-state index in [4.69, 9.17) is 9.47 Å². The summed E-state index contributed by atoms with van der Waals surface area (Å²) >= 11 is 0. The van der Waals surface area contributed by atoms with Crippen molar-refractivity contribution in [2.45, 2.75) is 25.2 Å². The van der Waals surface area contributed by atoms with Crippen molar-refractivity contribution in [3.05, 3.63) is 29.6 Å². The molecule has 1 aromatic carbocycles. The van der Waals surface area contributed by atoms with Gasteiger partial charge in [0.05, 0.1) is 20.6 Å². The summed E-state index contributed by atoms with van der Waals surface area (Å²) in [5.41, 5.74) is 0.755. The van der Waals surface area contributed by atoms with E-state index in [1.165, 1.54) is 0 Å². The monoisotopic (exact) mass is 359 g/mol. The zero-order chi connectivity index (χ0) is 18.5. The Kier molecular flexibility index (Phi) is 5.72. The molecule has 8 heteroatoms. The predicted octanol–water partition coefficient (Wildman–Crippen LogP) is 1.48. The maximum Gasteiger partial charge on any atom is 0.231 e. The number of carbonyl (C=O) groups excluding carboxylic acids is 1. The third-order valence-corrected chi connectivity index (χ3v) is 4.57.